The molecule has 6 nitrogen and oxygen atoms in total. The molecule has 2 fully saturated rings. The van der Waals surface area contributed by atoms with E-state index >= 15 is 0 Å². The lowest BCUT2D eigenvalue weighted by Crippen LogP contribution is -2.45. The van der Waals surface area contributed by atoms with E-state index in [1.165, 1.54) is 0 Å². The average molecular weight is 330 g/mol. The normalized spacial score (nSPS) is 21.6. The predicted octanol–water partition coefficient (Wildman–Crippen LogP) is 1.06. The molecule has 3 rings (SSSR count). The lowest BCUT2D eigenvalue weighted by Gasteiger charge is -2.18. The van der Waals surface area contributed by atoms with Crippen LogP contribution in [0.5, 0.6) is 0 Å². The molecule has 0 aromatic heterocycles. The molecule has 1 aliphatic heterocycles. The van der Waals surface area contributed by atoms with Gasteiger partial charge in [-0.3, -0.25) is 9.59 Å². The molecule has 2 atom stereocenters. The Morgan fingerprint density at radius 1 is 1.25 bits per heavy atom. The molecule has 1 aromatic carbocycles. The summed E-state index contributed by atoms with van der Waals surface area (Å²) in [4.78, 5) is 37.6. The number of carbonyl (C=O) groups excluding carboxylic acids is 2. The van der Waals surface area contributed by atoms with Crippen LogP contribution in [0.3, 0.4) is 0 Å². The Bertz CT molecular complexity index is 627. The molecule has 24 heavy (non-hydrogen) atoms. The molecule has 2 N–H and O–H groups in total. The van der Waals surface area contributed by atoms with Crippen molar-refractivity contribution < 1.29 is 19.5 Å². The van der Waals surface area contributed by atoms with E-state index in [-0.39, 0.29) is 24.7 Å². The van der Waals surface area contributed by atoms with E-state index in [0.717, 1.165) is 24.9 Å². The number of carboxylic acids is 1. The van der Waals surface area contributed by atoms with Crippen LogP contribution in [0.25, 0.3) is 0 Å². The van der Waals surface area contributed by atoms with E-state index in [4.69, 9.17) is 0 Å². The zero-order valence-corrected chi connectivity index (χ0v) is 13.5. The largest absolute Gasteiger partial charge is 0.480 e. The summed E-state index contributed by atoms with van der Waals surface area (Å²) in [5, 5.41) is 12.0. The predicted molar refractivity (Wildman–Crippen MR) is 87.1 cm³/mol. The minimum Gasteiger partial charge on any atom is -0.480 e. The van der Waals surface area contributed by atoms with E-state index in [2.05, 4.69) is 5.32 Å². The van der Waals surface area contributed by atoms with Crippen LogP contribution in [0.15, 0.2) is 30.3 Å². The maximum Gasteiger partial charge on any atom is 0.326 e. The van der Waals surface area contributed by atoms with Crippen molar-refractivity contribution in [2.45, 2.75) is 31.7 Å². The summed E-state index contributed by atoms with van der Waals surface area (Å²) in [5.74, 6) is -1.28. The Balaban J connectivity index is 1.57. The summed E-state index contributed by atoms with van der Waals surface area (Å²) < 4.78 is 0. The fourth-order valence-corrected chi connectivity index (χ4v) is 3.08. The second kappa shape index (κ2) is 7.03. The van der Waals surface area contributed by atoms with E-state index in [1.54, 1.807) is 4.90 Å². The molecular weight excluding hydrogens is 308 g/mol. The Labute approximate surface area is 140 Å². The van der Waals surface area contributed by atoms with Gasteiger partial charge < -0.3 is 15.3 Å². The Morgan fingerprint density at radius 3 is 2.58 bits per heavy atom. The van der Waals surface area contributed by atoms with E-state index in [9.17, 15) is 19.5 Å². The lowest BCUT2D eigenvalue weighted by atomic mass is 10.0. The van der Waals surface area contributed by atoms with Gasteiger partial charge in [0, 0.05) is 25.9 Å². The fraction of sp³-hybridized carbons (Fsp3) is 0.500. The first-order chi connectivity index (χ1) is 11.5. The van der Waals surface area contributed by atoms with Gasteiger partial charge in [-0.1, -0.05) is 30.3 Å². The van der Waals surface area contributed by atoms with Gasteiger partial charge >= 0.3 is 5.97 Å². The molecule has 2 aliphatic rings. The Kier molecular flexibility index (Phi) is 4.83. The van der Waals surface area contributed by atoms with Crippen molar-refractivity contribution in [3.63, 3.8) is 0 Å². The number of carboxylic acid groups (broad SMARTS) is 1. The van der Waals surface area contributed by atoms with Crippen molar-refractivity contribution in [1.82, 2.24) is 10.2 Å². The number of nitrogens with one attached hydrogen (secondary N) is 1. The van der Waals surface area contributed by atoms with Crippen LogP contribution in [-0.2, 0) is 20.8 Å². The highest BCUT2D eigenvalue weighted by atomic mass is 16.4. The van der Waals surface area contributed by atoms with Crippen molar-refractivity contribution in [2.24, 2.45) is 11.8 Å². The van der Waals surface area contributed by atoms with Crippen molar-refractivity contribution in [2.75, 3.05) is 13.1 Å². The van der Waals surface area contributed by atoms with Gasteiger partial charge in [-0.2, -0.15) is 0 Å². The fourth-order valence-electron chi connectivity index (χ4n) is 3.08. The Hall–Kier alpha value is -2.37. The van der Waals surface area contributed by atoms with Crippen molar-refractivity contribution >= 4 is 17.8 Å². The molecule has 6 heteroatoms. The smallest absolute Gasteiger partial charge is 0.326 e. The maximum atomic E-state index is 12.4. The topological polar surface area (TPSA) is 86.7 Å². The summed E-state index contributed by atoms with van der Waals surface area (Å²) in [5.41, 5.74) is 0.850. The second-order valence-electron chi connectivity index (χ2n) is 6.73. The van der Waals surface area contributed by atoms with Crippen molar-refractivity contribution in [1.29, 1.82) is 0 Å². The summed E-state index contributed by atoms with van der Waals surface area (Å²) >= 11 is 0. The third-order valence-electron chi connectivity index (χ3n) is 4.66. The number of aliphatic carboxylic acids is 1. The first-order valence-corrected chi connectivity index (χ1v) is 8.38. The van der Waals surface area contributed by atoms with Crippen molar-refractivity contribution in [3.8, 4) is 0 Å². The molecule has 2 amide bonds. The standard InChI is InChI=1S/C18H22N2O4/c21-16-9-14(11-20(16)10-13-6-7-13)17(22)19-15(18(23)24)8-12-4-2-1-3-5-12/h1-5,13-15H,6-11H2,(H,19,22)(H,23,24)/t14-,15+/m0/s1. The van der Waals surface area contributed by atoms with E-state index < -0.39 is 17.9 Å². The highest BCUT2D eigenvalue weighted by Gasteiger charge is 2.38. The highest BCUT2D eigenvalue weighted by molar-refractivity contribution is 5.91. The second-order valence-corrected chi connectivity index (χ2v) is 6.73. The molecule has 0 spiro atoms. The molecule has 0 bridgehead atoms. The molecule has 1 aromatic rings. The monoisotopic (exact) mass is 330 g/mol. The van der Waals surface area contributed by atoms with E-state index in [0.29, 0.717) is 12.5 Å². The van der Waals surface area contributed by atoms with Crippen LogP contribution >= 0.6 is 0 Å². The van der Waals surface area contributed by atoms with Gasteiger partial charge in [-0.05, 0) is 24.3 Å². The zero-order chi connectivity index (χ0) is 17.1. The van der Waals surface area contributed by atoms with Crippen LogP contribution in [0.2, 0.25) is 0 Å². The molecule has 1 aliphatic carbocycles. The minimum absolute atomic E-state index is 0.00279. The van der Waals surface area contributed by atoms with Crippen molar-refractivity contribution in [3.05, 3.63) is 35.9 Å². The van der Waals surface area contributed by atoms with Crippen LogP contribution in [0, 0.1) is 11.8 Å². The summed E-state index contributed by atoms with van der Waals surface area (Å²) in [6, 6.07) is 8.21. The number of hydrogen-bond donors (Lipinski definition) is 2. The average Bonchev–Trinajstić information content (AvgIpc) is 3.30. The molecule has 0 radical (unpaired) electrons. The van der Waals surface area contributed by atoms with E-state index in [1.807, 2.05) is 30.3 Å². The van der Waals surface area contributed by atoms with Crippen LogP contribution in [0.1, 0.15) is 24.8 Å². The van der Waals surface area contributed by atoms with Gasteiger partial charge in [-0.25, -0.2) is 4.79 Å². The lowest BCUT2D eigenvalue weighted by molar-refractivity contribution is -0.142. The Morgan fingerprint density at radius 2 is 1.96 bits per heavy atom. The number of nitrogens with zero attached hydrogens (tertiary/aromatic N) is 1. The summed E-state index contributed by atoms with van der Waals surface area (Å²) in [6.07, 6.45) is 2.71. The third-order valence-corrected chi connectivity index (χ3v) is 4.66. The highest BCUT2D eigenvalue weighted by Crippen LogP contribution is 2.32. The van der Waals surface area contributed by atoms with Gasteiger partial charge in [-0.15, -0.1) is 0 Å². The maximum absolute atomic E-state index is 12.4. The number of carbonyl (C=O) groups is 3. The number of amides is 2. The van der Waals surface area contributed by atoms with Gasteiger partial charge in [0.05, 0.1) is 5.92 Å². The summed E-state index contributed by atoms with van der Waals surface area (Å²) in [7, 11) is 0. The van der Waals surface area contributed by atoms with Gasteiger partial charge in [0.1, 0.15) is 6.04 Å². The number of hydrogen-bond acceptors (Lipinski definition) is 3. The molecule has 128 valence electrons. The van der Waals surface area contributed by atoms with Crippen LogP contribution < -0.4 is 5.32 Å². The van der Waals surface area contributed by atoms with Crippen LogP contribution in [0.4, 0.5) is 0 Å². The first kappa shape index (κ1) is 16.5. The first-order valence-electron chi connectivity index (χ1n) is 8.38. The quantitative estimate of drug-likeness (QED) is 0.782. The summed E-state index contributed by atoms with van der Waals surface area (Å²) in [6.45, 7) is 1.13. The molecule has 1 heterocycles. The van der Waals surface area contributed by atoms with Gasteiger partial charge in [0.2, 0.25) is 11.8 Å². The number of likely N-dealkylation sites (tertiary alicyclic amines) is 1. The SMILES string of the molecule is O=C(N[C@H](Cc1ccccc1)C(=O)O)[C@H]1CC(=O)N(CC2CC2)C1. The van der Waals surface area contributed by atoms with Gasteiger partial charge in [0.15, 0.2) is 0 Å². The van der Waals surface area contributed by atoms with Crippen LogP contribution in [-0.4, -0.2) is 46.9 Å². The van der Waals surface area contributed by atoms with Gasteiger partial charge in [0.25, 0.3) is 0 Å². The number of benzene rings is 1. The molecule has 0 unspecified atom stereocenters. The minimum atomic E-state index is -1.06. The molecule has 1 saturated carbocycles. The zero-order valence-electron chi connectivity index (χ0n) is 13.5. The number of rotatable bonds is 7. The molecular formula is C18H22N2O4. The third kappa shape index (κ3) is 4.13. The molecule has 1 saturated heterocycles.